The second-order valence-corrected chi connectivity index (χ2v) is 7.10. The highest BCUT2D eigenvalue weighted by molar-refractivity contribution is 4.81. The second kappa shape index (κ2) is 10.4. The standard InChI is InChI=1S/C19H37N/c1-5-7-8-9-10-11-18-14-17(6-2)12-13-19(18)15-20-16(3)4/h5,16-20H,1,6-15H2,2-4H3. The lowest BCUT2D eigenvalue weighted by Crippen LogP contribution is -2.36. The quantitative estimate of drug-likeness (QED) is 0.407. The van der Waals surface area contributed by atoms with Gasteiger partial charge in [0.25, 0.3) is 0 Å². The molecule has 1 rings (SSSR count). The van der Waals surface area contributed by atoms with Gasteiger partial charge in [-0.25, -0.2) is 0 Å². The first-order valence-electron chi connectivity index (χ1n) is 9.01. The minimum atomic E-state index is 0.632. The average molecular weight is 280 g/mol. The van der Waals surface area contributed by atoms with E-state index in [1.807, 2.05) is 0 Å². The topological polar surface area (TPSA) is 12.0 Å². The Balaban J connectivity index is 2.34. The Hall–Kier alpha value is -0.300. The van der Waals surface area contributed by atoms with Gasteiger partial charge in [-0.3, -0.25) is 0 Å². The fourth-order valence-electron chi connectivity index (χ4n) is 3.68. The summed E-state index contributed by atoms with van der Waals surface area (Å²) >= 11 is 0. The summed E-state index contributed by atoms with van der Waals surface area (Å²) in [5.74, 6) is 2.91. The average Bonchev–Trinajstić information content (AvgIpc) is 2.45. The number of unbranched alkanes of at least 4 members (excludes halogenated alkanes) is 3. The van der Waals surface area contributed by atoms with Crippen molar-refractivity contribution >= 4 is 0 Å². The summed E-state index contributed by atoms with van der Waals surface area (Å²) in [7, 11) is 0. The minimum Gasteiger partial charge on any atom is -0.314 e. The molecule has 0 radical (unpaired) electrons. The normalized spacial score (nSPS) is 26.9. The summed E-state index contributed by atoms with van der Waals surface area (Å²) in [5, 5.41) is 3.68. The van der Waals surface area contributed by atoms with Gasteiger partial charge in [0.1, 0.15) is 0 Å². The van der Waals surface area contributed by atoms with Crippen LogP contribution in [0, 0.1) is 17.8 Å². The van der Waals surface area contributed by atoms with Gasteiger partial charge in [-0.2, -0.15) is 0 Å². The van der Waals surface area contributed by atoms with Gasteiger partial charge < -0.3 is 5.32 Å². The Kier molecular flexibility index (Phi) is 9.26. The van der Waals surface area contributed by atoms with E-state index in [9.17, 15) is 0 Å². The second-order valence-electron chi connectivity index (χ2n) is 7.10. The Labute approximate surface area is 127 Å². The first-order valence-corrected chi connectivity index (χ1v) is 9.01. The molecular weight excluding hydrogens is 242 g/mol. The zero-order valence-corrected chi connectivity index (χ0v) is 14.2. The summed E-state index contributed by atoms with van der Waals surface area (Å²) in [6.07, 6.45) is 14.7. The van der Waals surface area contributed by atoms with Crippen LogP contribution in [0.5, 0.6) is 0 Å². The van der Waals surface area contributed by atoms with Crippen LogP contribution in [0.4, 0.5) is 0 Å². The summed E-state index contributed by atoms with van der Waals surface area (Å²) in [4.78, 5) is 0. The van der Waals surface area contributed by atoms with Gasteiger partial charge in [-0.1, -0.05) is 59.0 Å². The summed E-state index contributed by atoms with van der Waals surface area (Å²) in [6, 6.07) is 0.632. The van der Waals surface area contributed by atoms with E-state index in [0.29, 0.717) is 6.04 Å². The van der Waals surface area contributed by atoms with Gasteiger partial charge >= 0.3 is 0 Å². The lowest BCUT2D eigenvalue weighted by atomic mass is 9.71. The monoisotopic (exact) mass is 279 g/mol. The van der Waals surface area contributed by atoms with E-state index in [2.05, 4.69) is 38.7 Å². The number of rotatable bonds is 10. The third kappa shape index (κ3) is 6.92. The highest BCUT2D eigenvalue weighted by Crippen LogP contribution is 2.38. The van der Waals surface area contributed by atoms with Crippen molar-refractivity contribution in [2.75, 3.05) is 6.54 Å². The van der Waals surface area contributed by atoms with Crippen molar-refractivity contribution in [2.45, 2.75) is 84.6 Å². The van der Waals surface area contributed by atoms with Crippen molar-refractivity contribution in [1.29, 1.82) is 0 Å². The van der Waals surface area contributed by atoms with Gasteiger partial charge in [0, 0.05) is 6.04 Å². The zero-order chi connectivity index (χ0) is 14.8. The molecule has 0 aromatic carbocycles. The van der Waals surface area contributed by atoms with Crippen LogP contribution < -0.4 is 5.32 Å². The number of hydrogen-bond donors (Lipinski definition) is 1. The molecule has 3 unspecified atom stereocenters. The van der Waals surface area contributed by atoms with Crippen LogP contribution in [0.1, 0.15) is 78.6 Å². The number of nitrogens with one attached hydrogen (secondary N) is 1. The van der Waals surface area contributed by atoms with Crippen LogP contribution >= 0.6 is 0 Å². The van der Waals surface area contributed by atoms with Gasteiger partial charge in [0.15, 0.2) is 0 Å². The first kappa shape index (κ1) is 17.8. The summed E-state index contributed by atoms with van der Waals surface area (Å²) in [6.45, 7) is 12.0. The molecule has 1 N–H and O–H groups in total. The molecule has 1 fully saturated rings. The molecule has 0 spiro atoms. The van der Waals surface area contributed by atoms with Crippen LogP contribution in [0.3, 0.4) is 0 Å². The Bertz CT molecular complexity index is 246. The lowest BCUT2D eigenvalue weighted by molar-refractivity contribution is 0.158. The zero-order valence-electron chi connectivity index (χ0n) is 14.2. The predicted octanol–water partition coefficient (Wildman–Crippen LogP) is 5.56. The van der Waals surface area contributed by atoms with E-state index in [1.165, 1.54) is 64.3 Å². The Morgan fingerprint density at radius 3 is 2.60 bits per heavy atom. The molecular formula is C19H37N. The molecule has 3 atom stereocenters. The van der Waals surface area contributed by atoms with Gasteiger partial charge in [-0.05, 0) is 50.0 Å². The van der Waals surface area contributed by atoms with E-state index in [0.717, 1.165) is 17.8 Å². The van der Waals surface area contributed by atoms with Crippen molar-refractivity contribution in [2.24, 2.45) is 17.8 Å². The predicted molar refractivity (Wildman–Crippen MR) is 91.0 cm³/mol. The Morgan fingerprint density at radius 1 is 1.15 bits per heavy atom. The molecule has 1 aliphatic carbocycles. The molecule has 0 aromatic rings. The molecule has 0 amide bonds. The highest BCUT2D eigenvalue weighted by atomic mass is 14.9. The molecule has 1 heteroatoms. The van der Waals surface area contributed by atoms with Crippen LogP contribution in [0.2, 0.25) is 0 Å². The van der Waals surface area contributed by atoms with Crippen molar-refractivity contribution in [1.82, 2.24) is 5.32 Å². The third-order valence-corrected chi connectivity index (χ3v) is 5.10. The molecule has 1 aliphatic rings. The van der Waals surface area contributed by atoms with E-state index < -0.39 is 0 Å². The van der Waals surface area contributed by atoms with Gasteiger partial charge in [0.05, 0.1) is 0 Å². The largest absolute Gasteiger partial charge is 0.314 e. The molecule has 20 heavy (non-hydrogen) atoms. The highest BCUT2D eigenvalue weighted by Gasteiger charge is 2.29. The molecule has 0 saturated heterocycles. The SMILES string of the molecule is C=CCCCCCC1CC(CC)CCC1CNC(C)C. The minimum absolute atomic E-state index is 0.632. The van der Waals surface area contributed by atoms with E-state index in [1.54, 1.807) is 0 Å². The molecule has 0 bridgehead atoms. The maximum Gasteiger partial charge on any atom is 0.00104 e. The van der Waals surface area contributed by atoms with Crippen LogP contribution in [0.15, 0.2) is 12.7 Å². The van der Waals surface area contributed by atoms with Gasteiger partial charge in [-0.15, -0.1) is 6.58 Å². The van der Waals surface area contributed by atoms with Crippen molar-refractivity contribution in [3.05, 3.63) is 12.7 Å². The summed E-state index contributed by atoms with van der Waals surface area (Å²) < 4.78 is 0. The molecule has 1 saturated carbocycles. The van der Waals surface area contributed by atoms with Crippen molar-refractivity contribution in [3.8, 4) is 0 Å². The van der Waals surface area contributed by atoms with Crippen LogP contribution in [0.25, 0.3) is 0 Å². The molecule has 0 aromatic heterocycles. The first-order chi connectivity index (χ1) is 9.67. The number of allylic oxidation sites excluding steroid dienone is 1. The molecule has 0 heterocycles. The van der Waals surface area contributed by atoms with Crippen molar-refractivity contribution < 1.29 is 0 Å². The fraction of sp³-hybridized carbons (Fsp3) is 0.895. The third-order valence-electron chi connectivity index (χ3n) is 5.10. The molecule has 0 aliphatic heterocycles. The number of hydrogen-bond acceptors (Lipinski definition) is 1. The molecule has 1 nitrogen and oxygen atoms in total. The molecule has 118 valence electrons. The van der Waals surface area contributed by atoms with Crippen molar-refractivity contribution in [3.63, 3.8) is 0 Å². The lowest BCUT2D eigenvalue weighted by Gasteiger charge is -2.36. The van der Waals surface area contributed by atoms with E-state index in [-0.39, 0.29) is 0 Å². The van der Waals surface area contributed by atoms with E-state index in [4.69, 9.17) is 0 Å². The van der Waals surface area contributed by atoms with Crippen LogP contribution in [-0.4, -0.2) is 12.6 Å². The van der Waals surface area contributed by atoms with E-state index >= 15 is 0 Å². The maximum atomic E-state index is 3.81. The smallest absolute Gasteiger partial charge is 0.00104 e. The van der Waals surface area contributed by atoms with Gasteiger partial charge in [0.2, 0.25) is 0 Å². The maximum absolute atomic E-state index is 3.81. The Morgan fingerprint density at radius 2 is 1.95 bits per heavy atom. The summed E-state index contributed by atoms with van der Waals surface area (Å²) in [5.41, 5.74) is 0. The fourth-order valence-corrected chi connectivity index (χ4v) is 3.68. The van der Waals surface area contributed by atoms with Crippen LogP contribution in [-0.2, 0) is 0 Å².